The molecule has 0 aliphatic rings. The van der Waals surface area contributed by atoms with Gasteiger partial charge in [0.05, 0.1) is 0 Å². The van der Waals surface area contributed by atoms with Crippen LogP contribution in [0.3, 0.4) is 0 Å². The van der Waals surface area contributed by atoms with Crippen LogP contribution in [0.4, 0.5) is 0 Å². The molecule has 0 aliphatic heterocycles. The minimum Gasteiger partial charge on any atom is 0 e. The summed E-state index contributed by atoms with van der Waals surface area (Å²) in [6.07, 6.45) is 0. The maximum Gasteiger partial charge on any atom is 0 e. The molecule has 0 saturated heterocycles. The molecule has 1 nitrogen and oxygen atoms in total. The summed E-state index contributed by atoms with van der Waals surface area (Å²) >= 11 is 0.0556. The van der Waals surface area contributed by atoms with E-state index in [0.717, 1.165) is 0 Å². The molecule has 0 aromatic rings. The van der Waals surface area contributed by atoms with E-state index in [9.17, 15) is 0 Å². The van der Waals surface area contributed by atoms with Gasteiger partial charge >= 0.3 is 28.5 Å². The molecule has 0 aromatic heterocycles. The average Bonchev–Trinajstić information content (AvgIpc) is 1.00. The van der Waals surface area contributed by atoms with E-state index in [-0.39, 0.29) is 118 Å². The molecule has 0 saturated carbocycles. The largest absolute Gasteiger partial charge is 0 e. The molecular weight excluding hydrogens is 586 g/mol. The zero-order valence-electron chi connectivity index (χ0n) is 3.48. The maximum atomic E-state index is 8.39. The van der Waals surface area contributed by atoms with Gasteiger partial charge in [0, 0.05) is 92.4 Å². The van der Waals surface area contributed by atoms with E-state index in [1.54, 1.807) is 0 Å². The van der Waals surface area contributed by atoms with Crippen LogP contribution < -0.4 is 0 Å². The summed E-state index contributed by atoms with van der Waals surface area (Å²) in [6.45, 7) is 0. The predicted molar refractivity (Wildman–Crippen MR) is 17.9 cm³/mol. The second-order valence-electron chi connectivity index (χ2n) is 0. The van der Waals surface area contributed by atoms with Crippen molar-refractivity contribution in [3.63, 3.8) is 0 Å². The topological polar surface area (TPSA) is 17.1 Å². The zero-order chi connectivity index (χ0) is 2.00. The van der Waals surface area contributed by atoms with E-state index in [1.807, 2.05) is 0 Å². The van der Waals surface area contributed by atoms with Crippen molar-refractivity contribution in [2.75, 3.05) is 0 Å². The van der Waals surface area contributed by atoms with E-state index in [4.69, 9.17) is 2.69 Å². The summed E-state index contributed by atoms with van der Waals surface area (Å²) in [4.78, 5) is 0. The molecule has 8 radical (unpaired) electrons. The number of rotatable bonds is 0. The number of hydrogen-bond acceptors (Lipinski definition) is 1. The molecule has 0 spiro atoms. The van der Waals surface area contributed by atoms with Crippen LogP contribution in [-0.2, 0) is 49.5 Å². The first-order valence-electron chi connectivity index (χ1n) is 0.204. The molecule has 0 bridgehead atoms. The van der Waals surface area contributed by atoms with Crippen molar-refractivity contribution < 1.29 is 49.5 Å². The Bertz CT molecular complexity index is 15.5. The SMILES string of the molecule is [Cd].[Ga].[In].[O]=[Pb].[Zn]. The Labute approximate surface area is 118 Å². The van der Waals surface area contributed by atoms with Crippen molar-refractivity contribution >= 4 is 71.4 Å². The van der Waals surface area contributed by atoms with Crippen LogP contribution in [0.15, 0.2) is 0 Å². The van der Waals surface area contributed by atoms with Crippen molar-refractivity contribution in [3.05, 3.63) is 0 Å². The van der Waals surface area contributed by atoms with E-state index < -0.39 is 0 Å². The van der Waals surface area contributed by atoms with E-state index in [0.29, 0.717) is 0 Å². The van der Waals surface area contributed by atoms with Crippen LogP contribution in [0.1, 0.15) is 0 Å². The van der Waals surface area contributed by atoms with Gasteiger partial charge in [0.2, 0.25) is 0 Å². The summed E-state index contributed by atoms with van der Waals surface area (Å²) in [6, 6.07) is 0. The molecule has 0 rings (SSSR count). The molecule has 6 heavy (non-hydrogen) atoms. The maximum absolute atomic E-state index is 8.39. The molecule has 0 N–H and O–H groups in total. The van der Waals surface area contributed by atoms with E-state index in [1.165, 1.54) is 0 Å². The van der Waals surface area contributed by atoms with Gasteiger partial charge in [-0.1, -0.05) is 0 Å². The Morgan fingerprint density at radius 3 is 1.17 bits per heavy atom. The third kappa shape index (κ3) is 25.0. The van der Waals surface area contributed by atoms with Gasteiger partial charge in [-0.2, -0.15) is 0 Å². The molecule has 0 heterocycles. The minimum absolute atomic E-state index is 0. The molecule has 20 valence electrons. The van der Waals surface area contributed by atoms with Gasteiger partial charge < -0.3 is 0 Å². The first-order chi connectivity index (χ1) is 1.00. The molecule has 0 amide bonds. The minimum atomic E-state index is 0. The van der Waals surface area contributed by atoms with Gasteiger partial charge in [-0.15, -0.1) is 0 Å². The van der Waals surface area contributed by atoms with Crippen molar-refractivity contribution in [1.82, 2.24) is 0 Å². The quantitative estimate of drug-likeness (QED) is 0.325. The monoisotopic (exact) mass is 586 g/mol. The van der Waals surface area contributed by atoms with E-state index in [2.05, 4.69) is 0 Å². The van der Waals surface area contributed by atoms with Gasteiger partial charge in [-0.25, -0.2) is 0 Å². The molecule has 6 heteroatoms. The predicted octanol–water partition coefficient (Wildman–Crippen LogP) is -1.27. The summed E-state index contributed by atoms with van der Waals surface area (Å²) in [7, 11) is 0. The fourth-order valence-corrected chi connectivity index (χ4v) is 0. The van der Waals surface area contributed by atoms with Crippen LogP contribution >= 0.6 is 0 Å². The molecule has 0 fully saturated rings. The normalized spacial score (nSPS) is 0.667. The summed E-state index contributed by atoms with van der Waals surface area (Å²) < 4.78 is 8.39. The molecule has 0 atom stereocenters. The van der Waals surface area contributed by atoms with Crippen LogP contribution in [-0.4, -0.2) is 71.4 Å². The van der Waals surface area contributed by atoms with Crippen molar-refractivity contribution in [2.45, 2.75) is 0 Å². The van der Waals surface area contributed by atoms with Crippen LogP contribution in [0.2, 0.25) is 0 Å². The number of hydrogen-bond donors (Lipinski definition) is 0. The third-order valence-corrected chi connectivity index (χ3v) is 0. The molecule has 0 unspecified atom stereocenters. The van der Waals surface area contributed by atoms with Gasteiger partial charge in [0.15, 0.2) is 0 Å². The average molecular weight is 586 g/mol. The van der Waals surface area contributed by atoms with E-state index >= 15 is 0 Å². The Morgan fingerprint density at radius 1 is 1.17 bits per heavy atom. The Hall–Kier alpha value is 3.77. The van der Waals surface area contributed by atoms with Gasteiger partial charge in [-0.3, -0.25) is 0 Å². The Balaban J connectivity index is -0.000000000833. The van der Waals surface area contributed by atoms with Crippen LogP contribution in [0.5, 0.6) is 0 Å². The first-order valence-corrected chi connectivity index (χ1v) is 1.79. The van der Waals surface area contributed by atoms with Gasteiger partial charge in [-0.05, 0) is 0 Å². The molecule has 0 aromatic carbocycles. The van der Waals surface area contributed by atoms with Crippen LogP contribution in [0.25, 0.3) is 0 Å². The second kappa shape index (κ2) is 37.2. The Kier molecular flexibility index (Phi) is 205. The van der Waals surface area contributed by atoms with Gasteiger partial charge in [0.1, 0.15) is 0 Å². The smallest absolute Gasteiger partial charge is 0 e. The summed E-state index contributed by atoms with van der Waals surface area (Å²) in [5.74, 6) is 0. The van der Waals surface area contributed by atoms with Crippen molar-refractivity contribution in [3.8, 4) is 0 Å². The first kappa shape index (κ1) is 33.0. The van der Waals surface area contributed by atoms with Crippen molar-refractivity contribution in [1.29, 1.82) is 0 Å². The summed E-state index contributed by atoms with van der Waals surface area (Å²) in [5.41, 5.74) is 0. The fraction of sp³-hybridized carbons (Fsp3) is 0. The van der Waals surface area contributed by atoms with Crippen LogP contribution in [0, 0.1) is 0 Å². The summed E-state index contributed by atoms with van der Waals surface area (Å²) in [5, 5.41) is 0. The fourth-order valence-electron chi connectivity index (χ4n) is 0. The molecular formula is CdGaInOPbZn. The second-order valence-corrected chi connectivity index (χ2v) is 0. The standard InChI is InChI=1S/Cd.Ga.In.O.Pb.Zn. The third-order valence-electron chi connectivity index (χ3n) is 0. The Morgan fingerprint density at radius 2 is 1.17 bits per heavy atom. The zero-order valence-corrected chi connectivity index (χ0v) is 20.1. The van der Waals surface area contributed by atoms with Crippen molar-refractivity contribution in [2.24, 2.45) is 0 Å². The molecule has 0 aliphatic carbocycles. The van der Waals surface area contributed by atoms with Gasteiger partial charge in [0.25, 0.3) is 0 Å².